The van der Waals surface area contributed by atoms with Crippen LogP contribution < -0.4 is 5.32 Å². The van der Waals surface area contributed by atoms with E-state index in [2.05, 4.69) is 15.7 Å². The van der Waals surface area contributed by atoms with Gasteiger partial charge in [-0.2, -0.15) is 11.8 Å². The van der Waals surface area contributed by atoms with Crippen LogP contribution in [-0.4, -0.2) is 33.9 Å². The Morgan fingerprint density at radius 3 is 2.70 bits per heavy atom. The highest BCUT2D eigenvalue weighted by atomic mass is 32.2. The van der Waals surface area contributed by atoms with Gasteiger partial charge in [0.1, 0.15) is 0 Å². The zero-order valence-electron chi connectivity index (χ0n) is 12.4. The molecular formula is C14H24N2O2S2. The summed E-state index contributed by atoms with van der Waals surface area (Å²) in [5, 5.41) is 15.5. The van der Waals surface area contributed by atoms with Crippen molar-refractivity contribution < 1.29 is 9.90 Å². The molecular weight excluding hydrogens is 292 g/mol. The van der Waals surface area contributed by atoms with E-state index < -0.39 is 5.54 Å². The third-order valence-electron chi connectivity index (χ3n) is 3.45. The van der Waals surface area contributed by atoms with Crippen molar-refractivity contribution in [1.82, 2.24) is 10.3 Å². The standard InChI is InChI=1S/C14H24N2O2S2/c1-4-14(5-2,10-17)16-13(18)6-7-19-8-12-9-20-11(3)15-12/h9,17H,4-8,10H2,1-3H3,(H,16,18). The second-order valence-electron chi connectivity index (χ2n) is 4.85. The summed E-state index contributed by atoms with van der Waals surface area (Å²) in [4.78, 5) is 16.3. The van der Waals surface area contributed by atoms with Crippen LogP contribution in [0.15, 0.2) is 5.38 Å². The summed E-state index contributed by atoms with van der Waals surface area (Å²) in [6.45, 7) is 5.96. The monoisotopic (exact) mass is 316 g/mol. The number of nitrogens with one attached hydrogen (secondary N) is 1. The lowest BCUT2D eigenvalue weighted by Gasteiger charge is -2.30. The van der Waals surface area contributed by atoms with Gasteiger partial charge in [-0.1, -0.05) is 13.8 Å². The largest absolute Gasteiger partial charge is 0.394 e. The molecule has 0 atom stereocenters. The predicted molar refractivity (Wildman–Crippen MR) is 86.2 cm³/mol. The topological polar surface area (TPSA) is 62.2 Å². The molecule has 114 valence electrons. The van der Waals surface area contributed by atoms with Crippen molar-refractivity contribution in [2.75, 3.05) is 12.4 Å². The summed E-state index contributed by atoms with van der Waals surface area (Å²) >= 11 is 3.37. The molecule has 0 aliphatic carbocycles. The number of thioether (sulfide) groups is 1. The van der Waals surface area contributed by atoms with Gasteiger partial charge >= 0.3 is 0 Å². The van der Waals surface area contributed by atoms with Crippen molar-refractivity contribution in [3.63, 3.8) is 0 Å². The van der Waals surface area contributed by atoms with Gasteiger partial charge in [-0.15, -0.1) is 11.3 Å². The predicted octanol–water partition coefficient (Wildman–Crippen LogP) is 2.74. The maximum atomic E-state index is 11.9. The number of hydrogen-bond acceptors (Lipinski definition) is 5. The number of aryl methyl sites for hydroxylation is 1. The highest BCUT2D eigenvalue weighted by Crippen LogP contribution is 2.17. The molecule has 0 fully saturated rings. The SMILES string of the molecule is CCC(CC)(CO)NC(=O)CCSCc1csc(C)n1. The van der Waals surface area contributed by atoms with Crippen LogP contribution in [0.5, 0.6) is 0 Å². The molecule has 6 heteroatoms. The normalized spacial score (nSPS) is 11.6. The number of carbonyl (C=O) groups is 1. The summed E-state index contributed by atoms with van der Waals surface area (Å²) in [6.07, 6.45) is 1.98. The number of rotatable bonds is 9. The molecule has 1 amide bonds. The minimum absolute atomic E-state index is 0.00299. The van der Waals surface area contributed by atoms with Gasteiger partial charge in [-0.05, 0) is 19.8 Å². The zero-order chi connectivity index (χ0) is 15.0. The average molecular weight is 316 g/mol. The summed E-state index contributed by atoms with van der Waals surface area (Å²) < 4.78 is 0. The van der Waals surface area contributed by atoms with Crippen molar-refractivity contribution >= 4 is 29.0 Å². The van der Waals surface area contributed by atoms with Crippen LogP contribution in [0.25, 0.3) is 0 Å². The van der Waals surface area contributed by atoms with Crippen LogP contribution in [0, 0.1) is 6.92 Å². The molecule has 20 heavy (non-hydrogen) atoms. The first-order valence-electron chi connectivity index (χ1n) is 6.96. The maximum absolute atomic E-state index is 11.9. The summed E-state index contributed by atoms with van der Waals surface area (Å²) in [5.74, 6) is 1.64. The van der Waals surface area contributed by atoms with E-state index in [4.69, 9.17) is 0 Å². The van der Waals surface area contributed by atoms with Gasteiger partial charge < -0.3 is 10.4 Å². The quantitative estimate of drug-likeness (QED) is 0.688. The summed E-state index contributed by atoms with van der Waals surface area (Å²) in [7, 11) is 0. The Morgan fingerprint density at radius 2 is 2.20 bits per heavy atom. The Balaban J connectivity index is 2.26. The molecule has 0 unspecified atom stereocenters. The Labute approximate surface area is 129 Å². The van der Waals surface area contributed by atoms with Crippen molar-refractivity contribution in [3.05, 3.63) is 16.1 Å². The van der Waals surface area contributed by atoms with E-state index in [0.717, 1.165) is 35.0 Å². The van der Waals surface area contributed by atoms with E-state index in [1.807, 2.05) is 20.8 Å². The lowest BCUT2D eigenvalue weighted by atomic mass is 9.94. The van der Waals surface area contributed by atoms with Crippen molar-refractivity contribution in [2.45, 2.75) is 51.3 Å². The second-order valence-corrected chi connectivity index (χ2v) is 7.02. The van der Waals surface area contributed by atoms with Crippen LogP contribution in [-0.2, 0) is 10.5 Å². The number of hydrogen-bond donors (Lipinski definition) is 2. The number of aliphatic hydroxyl groups excluding tert-OH is 1. The zero-order valence-corrected chi connectivity index (χ0v) is 14.1. The van der Waals surface area contributed by atoms with Gasteiger partial charge in [0.2, 0.25) is 5.91 Å². The lowest BCUT2D eigenvalue weighted by Crippen LogP contribution is -2.50. The van der Waals surface area contributed by atoms with Crippen LogP contribution in [0.4, 0.5) is 0 Å². The molecule has 1 aromatic rings. The second kappa shape index (κ2) is 8.64. The third kappa shape index (κ3) is 5.42. The number of thiazole rings is 1. The molecule has 0 bridgehead atoms. The molecule has 0 aliphatic heterocycles. The molecule has 0 aliphatic rings. The summed E-state index contributed by atoms with van der Waals surface area (Å²) in [6, 6.07) is 0. The molecule has 0 saturated carbocycles. The van der Waals surface area contributed by atoms with E-state index in [1.54, 1.807) is 23.1 Å². The van der Waals surface area contributed by atoms with E-state index in [-0.39, 0.29) is 12.5 Å². The Hall–Kier alpha value is -0.590. The smallest absolute Gasteiger partial charge is 0.221 e. The van der Waals surface area contributed by atoms with Crippen molar-refractivity contribution in [2.24, 2.45) is 0 Å². The molecule has 2 N–H and O–H groups in total. The molecule has 0 aromatic carbocycles. The molecule has 0 saturated heterocycles. The fourth-order valence-electron chi connectivity index (χ4n) is 1.86. The molecule has 1 rings (SSSR count). The summed E-state index contributed by atoms with van der Waals surface area (Å²) in [5.41, 5.74) is 0.637. The van der Waals surface area contributed by atoms with Gasteiger partial charge in [-0.3, -0.25) is 4.79 Å². The Kier molecular flexibility index (Phi) is 7.55. The van der Waals surface area contributed by atoms with E-state index in [0.29, 0.717) is 6.42 Å². The van der Waals surface area contributed by atoms with Crippen molar-refractivity contribution in [1.29, 1.82) is 0 Å². The van der Waals surface area contributed by atoms with Gasteiger partial charge in [0.05, 0.1) is 22.8 Å². The first-order chi connectivity index (χ1) is 9.55. The Morgan fingerprint density at radius 1 is 1.50 bits per heavy atom. The number of aliphatic hydroxyl groups is 1. The van der Waals surface area contributed by atoms with Gasteiger partial charge in [0.25, 0.3) is 0 Å². The highest BCUT2D eigenvalue weighted by Gasteiger charge is 2.26. The minimum atomic E-state index is -0.451. The molecule has 0 spiro atoms. The van der Waals surface area contributed by atoms with E-state index >= 15 is 0 Å². The third-order valence-corrected chi connectivity index (χ3v) is 5.27. The maximum Gasteiger partial charge on any atom is 0.221 e. The van der Waals surface area contributed by atoms with Crippen LogP contribution >= 0.6 is 23.1 Å². The highest BCUT2D eigenvalue weighted by molar-refractivity contribution is 7.98. The fourth-order valence-corrected chi connectivity index (χ4v) is 3.41. The van der Waals surface area contributed by atoms with E-state index in [1.165, 1.54) is 0 Å². The molecule has 1 heterocycles. The number of carbonyl (C=O) groups excluding carboxylic acids is 1. The van der Waals surface area contributed by atoms with Crippen LogP contribution in [0.2, 0.25) is 0 Å². The fraction of sp³-hybridized carbons (Fsp3) is 0.714. The number of aromatic nitrogens is 1. The lowest BCUT2D eigenvalue weighted by molar-refractivity contribution is -0.123. The Bertz CT molecular complexity index is 409. The van der Waals surface area contributed by atoms with E-state index in [9.17, 15) is 9.90 Å². The number of nitrogens with zero attached hydrogens (tertiary/aromatic N) is 1. The van der Waals surface area contributed by atoms with Crippen LogP contribution in [0.1, 0.15) is 43.8 Å². The van der Waals surface area contributed by atoms with Gasteiger partial charge in [0, 0.05) is 23.3 Å². The van der Waals surface area contributed by atoms with Gasteiger partial charge in [-0.25, -0.2) is 4.98 Å². The average Bonchev–Trinajstić information content (AvgIpc) is 2.87. The molecule has 1 aromatic heterocycles. The van der Waals surface area contributed by atoms with Gasteiger partial charge in [0.15, 0.2) is 0 Å². The van der Waals surface area contributed by atoms with Crippen LogP contribution in [0.3, 0.4) is 0 Å². The first kappa shape index (κ1) is 17.5. The minimum Gasteiger partial charge on any atom is -0.394 e. The number of amides is 1. The van der Waals surface area contributed by atoms with Crippen molar-refractivity contribution in [3.8, 4) is 0 Å². The first-order valence-corrected chi connectivity index (χ1v) is 8.99. The molecule has 4 nitrogen and oxygen atoms in total. The molecule has 0 radical (unpaired) electrons.